The van der Waals surface area contributed by atoms with Crippen molar-refractivity contribution in [2.45, 2.75) is 24.7 Å². The molecule has 140 valence electrons. The number of hydrogen-bond acceptors (Lipinski definition) is 3. The van der Waals surface area contributed by atoms with Gasteiger partial charge in [0.1, 0.15) is 11.5 Å². The number of hydrogen-bond donors (Lipinski definition) is 1. The number of anilines is 1. The topological polar surface area (TPSA) is 55.4 Å². The van der Waals surface area contributed by atoms with E-state index in [1.54, 1.807) is 60.7 Å². The molecular formula is C21H20ClNO3S. The average Bonchev–Trinajstić information content (AvgIpc) is 2.66. The second-order valence-corrected chi connectivity index (χ2v) is 8.20. The number of aryl methyl sites for hydroxylation is 1. The van der Waals surface area contributed by atoms with Gasteiger partial charge in [-0.1, -0.05) is 37.1 Å². The summed E-state index contributed by atoms with van der Waals surface area (Å²) in [6, 6.07) is 20.7. The fourth-order valence-electron chi connectivity index (χ4n) is 2.57. The lowest BCUT2D eigenvalue weighted by Crippen LogP contribution is -2.12. The molecular weight excluding hydrogens is 382 g/mol. The zero-order valence-electron chi connectivity index (χ0n) is 14.9. The molecule has 6 heteroatoms. The summed E-state index contributed by atoms with van der Waals surface area (Å²) in [5, 5.41) is 0.634. The minimum absolute atomic E-state index is 0.240. The van der Waals surface area contributed by atoms with Crippen LogP contribution in [0.1, 0.15) is 18.9 Å². The predicted molar refractivity (Wildman–Crippen MR) is 109 cm³/mol. The van der Waals surface area contributed by atoms with E-state index in [0.717, 1.165) is 18.4 Å². The molecule has 0 atom stereocenters. The number of benzene rings is 3. The molecule has 3 rings (SSSR count). The van der Waals surface area contributed by atoms with E-state index in [0.29, 0.717) is 22.2 Å². The monoisotopic (exact) mass is 401 g/mol. The highest BCUT2D eigenvalue weighted by Gasteiger charge is 2.14. The van der Waals surface area contributed by atoms with Gasteiger partial charge in [0.15, 0.2) is 0 Å². The number of sulfonamides is 1. The van der Waals surface area contributed by atoms with Gasteiger partial charge in [-0.15, -0.1) is 0 Å². The standard InChI is InChI=1S/C21H20ClNO3S/c1-2-3-16-4-14-21(15-5-16)27(24,25)23-18-8-12-20(13-9-18)26-19-10-6-17(22)7-11-19/h4-15,23H,2-3H2,1H3. The molecule has 4 nitrogen and oxygen atoms in total. The highest BCUT2D eigenvalue weighted by atomic mass is 35.5. The van der Waals surface area contributed by atoms with Crippen LogP contribution >= 0.6 is 11.6 Å². The van der Waals surface area contributed by atoms with Crippen LogP contribution in [-0.4, -0.2) is 8.42 Å². The molecule has 0 radical (unpaired) electrons. The maximum absolute atomic E-state index is 12.5. The Morgan fingerprint density at radius 3 is 1.96 bits per heavy atom. The van der Waals surface area contributed by atoms with Crippen molar-refractivity contribution < 1.29 is 13.2 Å². The molecule has 0 unspecified atom stereocenters. The molecule has 0 amide bonds. The maximum Gasteiger partial charge on any atom is 0.261 e. The van der Waals surface area contributed by atoms with Crippen LogP contribution in [0, 0.1) is 0 Å². The molecule has 1 N–H and O–H groups in total. The van der Waals surface area contributed by atoms with Gasteiger partial charge in [-0.25, -0.2) is 8.42 Å². The Hall–Kier alpha value is -2.50. The lowest BCUT2D eigenvalue weighted by molar-refractivity contribution is 0.483. The minimum Gasteiger partial charge on any atom is -0.457 e. The van der Waals surface area contributed by atoms with E-state index in [2.05, 4.69) is 11.6 Å². The minimum atomic E-state index is -3.63. The summed E-state index contributed by atoms with van der Waals surface area (Å²) < 4.78 is 33.3. The molecule has 27 heavy (non-hydrogen) atoms. The molecule has 0 spiro atoms. The molecule has 0 aliphatic heterocycles. The summed E-state index contributed by atoms with van der Waals surface area (Å²) in [5.74, 6) is 1.25. The van der Waals surface area contributed by atoms with Crippen molar-refractivity contribution in [3.63, 3.8) is 0 Å². The maximum atomic E-state index is 12.5. The first-order chi connectivity index (χ1) is 13.0. The van der Waals surface area contributed by atoms with E-state index in [9.17, 15) is 8.42 Å². The lowest BCUT2D eigenvalue weighted by atomic mass is 10.1. The van der Waals surface area contributed by atoms with E-state index < -0.39 is 10.0 Å². The summed E-state index contributed by atoms with van der Waals surface area (Å²) in [6.07, 6.45) is 1.96. The summed E-state index contributed by atoms with van der Waals surface area (Å²) >= 11 is 5.85. The van der Waals surface area contributed by atoms with E-state index in [1.807, 2.05) is 12.1 Å². The molecule has 0 aliphatic rings. The molecule has 0 fully saturated rings. The van der Waals surface area contributed by atoms with E-state index in [1.165, 1.54) is 0 Å². The van der Waals surface area contributed by atoms with Gasteiger partial charge < -0.3 is 4.74 Å². The Balaban J connectivity index is 1.68. The largest absolute Gasteiger partial charge is 0.457 e. The van der Waals surface area contributed by atoms with Crippen LogP contribution in [-0.2, 0) is 16.4 Å². The van der Waals surface area contributed by atoms with Gasteiger partial charge in [-0.05, 0) is 72.6 Å². The predicted octanol–water partition coefficient (Wildman–Crippen LogP) is 5.89. The average molecular weight is 402 g/mol. The molecule has 0 heterocycles. The molecule has 0 aliphatic carbocycles. The van der Waals surface area contributed by atoms with Crippen molar-refractivity contribution >= 4 is 27.3 Å². The molecule has 0 aromatic heterocycles. The van der Waals surface area contributed by atoms with Crippen LogP contribution in [0.3, 0.4) is 0 Å². The molecule has 0 saturated carbocycles. The normalized spacial score (nSPS) is 11.2. The van der Waals surface area contributed by atoms with E-state index in [4.69, 9.17) is 16.3 Å². The Kier molecular flexibility index (Phi) is 6.04. The third-order valence-corrected chi connectivity index (χ3v) is 5.58. The lowest BCUT2D eigenvalue weighted by Gasteiger charge is -2.10. The summed E-state index contributed by atoms with van der Waals surface area (Å²) in [4.78, 5) is 0.240. The summed E-state index contributed by atoms with van der Waals surface area (Å²) in [6.45, 7) is 2.09. The van der Waals surface area contributed by atoms with Crippen molar-refractivity contribution in [1.29, 1.82) is 0 Å². The SMILES string of the molecule is CCCc1ccc(S(=O)(=O)Nc2ccc(Oc3ccc(Cl)cc3)cc2)cc1. The summed E-state index contributed by atoms with van der Waals surface area (Å²) in [5.41, 5.74) is 1.59. The van der Waals surface area contributed by atoms with Crippen LogP contribution < -0.4 is 9.46 Å². The molecule has 0 bridgehead atoms. The van der Waals surface area contributed by atoms with Gasteiger partial charge in [-0.3, -0.25) is 4.72 Å². The number of rotatable bonds is 7. The van der Waals surface area contributed by atoms with Crippen molar-refractivity contribution in [1.82, 2.24) is 0 Å². The van der Waals surface area contributed by atoms with Gasteiger partial charge in [0.05, 0.1) is 4.90 Å². The zero-order valence-corrected chi connectivity index (χ0v) is 16.4. The van der Waals surface area contributed by atoms with Gasteiger partial charge >= 0.3 is 0 Å². The first kappa shape index (κ1) is 19.3. The molecule has 3 aromatic rings. The van der Waals surface area contributed by atoms with Gasteiger partial charge in [0.25, 0.3) is 10.0 Å². The fraction of sp³-hybridized carbons (Fsp3) is 0.143. The van der Waals surface area contributed by atoms with Crippen LogP contribution in [0.5, 0.6) is 11.5 Å². The Morgan fingerprint density at radius 1 is 0.852 bits per heavy atom. The van der Waals surface area contributed by atoms with E-state index in [-0.39, 0.29) is 4.90 Å². The number of halogens is 1. The van der Waals surface area contributed by atoms with Crippen LogP contribution in [0.15, 0.2) is 77.7 Å². The van der Waals surface area contributed by atoms with Crippen molar-refractivity contribution in [2.24, 2.45) is 0 Å². The Morgan fingerprint density at radius 2 is 1.41 bits per heavy atom. The van der Waals surface area contributed by atoms with Crippen molar-refractivity contribution in [2.75, 3.05) is 4.72 Å². The quantitative estimate of drug-likeness (QED) is 0.537. The second-order valence-electron chi connectivity index (χ2n) is 6.08. The Bertz CT molecular complexity index is 983. The van der Waals surface area contributed by atoms with Crippen molar-refractivity contribution in [3.8, 4) is 11.5 Å². The number of nitrogens with one attached hydrogen (secondary N) is 1. The highest BCUT2D eigenvalue weighted by molar-refractivity contribution is 7.92. The second kappa shape index (κ2) is 8.46. The smallest absolute Gasteiger partial charge is 0.261 e. The van der Waals surface area contributed by atoms with Gasteiger partial charge in [0.2, 0.25) is 0 Å². The van der Waals surface area contributed by atoms with Gasteiger partial charge in [0, 0.05) is 10.7 Å². The van der Waals surface area contributed by atoms with Crippen LogP contribution in [0.4, 0.5) is 5.69 Å². The van der Waals surface area contributed by atoms with Crippen LogP contribution in [0.25, 0.3) is 0 Å². The molecule has 3 aromatic carbocycles. The van der Waals surface area contributed by atoms with Gasteiger partial charge in [-0.2, -0.15) is 0 Å². The number of ether oxygens (including phenoxy) is 1. The van der Waals surface area contributed by atoms with E-state index >= 15 is 0 Å². The van der Waals surface area contributed by atoms with Crippen LogP contribution in [0.2, 0.25) is 5.02 Å². The molecule has 0 saturated heterocycles. The first-order valence-corrected chi connectivity index (χ1v) is 10.5. The summed E-state index contributed by atoms with van der Waals surface area (Å²) in [7, 11) is -3.63. The van der Waals surface area contributed by atoms with Crippen molar-refractivity contribution in [3.05, 3.63) is 83.4 Å². The first-order valence-electron chi connectivity index (χ1n) is 8.61. The third-order valence-electron chi connectivity index (χ3n) is 3.93. The Labute approximate surface area is 164 Å². The fourth-order valence-corrected chi connectivity index (χ4v) is 3.75. The third kappa shape index (κ3) is 5.25. The highest BCUT2D eigenvalue weighted by Crippen LogP contribution is 2.25. The zero-order chi connectivity index (χ0) is 19.3.